The average molecular weight is 213 g/mol. The maximum absolute atomic E-state index is 5.53. The highest BCUT2D eigenvalue weighted by molar-refractivity contribution is 7.35. The Labute approximate surface area is 92.7 Å². The summed E-state index contributed by atoms with van der Waals surface area (Å²) < 4.78 is 21.7. The Morgan fingerprint density at radius 1 is 1.33 bits per heavy atom. The van der Waals surface area contributed by atoms with Gasteiger partial charge in [-0.15, -0.1) is 0 Å². The molecule has 0 radical (unpaired) electrons. The summed E-state index contributed by atoms with van der Waals surface area (Å²) in [6, 6.07) is 0. The summed E-state index contributed by atoms with van der Waals surface area (Å²) in [7, 11) is 0.174. The second-order valence-electron chi connectivity index (χ2n) is 3.29. The van der Waals surface area contributed by atoms with E-state index in [0.29, 0.717) is 33.7 Å². The van der Waals surface area contributed by atoms with E-state index >= 15 is 0 Å². The third kappa shape index (κ3) is 5.58. The van der Waals surface area contributed by atoms with Crippen LogP contribution in [0.15, 0.2) is 0 Å². The molecular formula is C7H18B3NO4. The van der Waals surface area contributed by atoms with E-state index in [4.69, 9.17) is 18.6 Å². The van der Waals surface area contributed by atoms with Gasteiger partial charge in [0.05, 0.1) is 13.5 Å². The molecule has 15 heavy (non-hydrogen) atoms. The van der Waals surface area contributed by atoms with Gasteiger partial charge in [-0.1, -0.05) is 6.92 Å². The molecule has 1 N–H and O–H groups in total. The molecule has 84 valence electrons. The van der Waals surface area contributed by atoms with Gasteiger partial charge < -0.3 is 18.6 Å². The molecule has 0 aromatic rings. The van der Waals surface area contributed by atoms with Crippen molar-refractivity contribution in [2.45, 2.75) is 20.3 Å². The van der Waals surface area contributed by atoms with Gasteiger partial charge in [-0.25, -0.2) is 0 Å². The quantitative estimate of drug-likeness (QED) is 0.572. The predicted molar refractivity (Wildman–Crippen MR) is 61.6 cm³/mol. The normalized spacial score (nSPS) is 16.5. The average Bonchev–Trinajstić information content (AvgIpc) is 2.28. The van der Waals surface area contributed by atoms with Crippen molar-refractivity contribution < 1.29 is 18.6 Å². The fraction of sp³-hybridized carbons (Fsp3) is 1.00. The van der Waals surface area contributed by atoms with E-state index < -0.39 is 0 Å². The van der Waals surface area contributed by atoms with Crippen molar-refractivity contribution in [1.29, 1.82) is 0 Å². The third-order valence-electron chi connectivity index (χ3n) is 1.99. The Hall–Kier alpha value is -0.00519. The summed E-state index contributed by atoms with van der Waals surface area (Å²) in [5, 5.41) is 2.94. The predicted octanol–water partition coefficient (Wildman–Crippen LogP) is -0.593. The molecule has 5 nitrogen and oxygen atoms in total. The lowest BCUT2D eigenvalue weighted by atomic mass is 9.23. The molecule has 0 spiro atoms. The lowest BCUT2D eigenvalue weighted by Crippen LogP contribution is -2.50. The number of hydrogen-bond acceptors (Lipinski definition) is 5. The Morgan fingerprint density at radius 3 is 2.67 bits per heavy atom. The van der Waals surface area contributed by atoms with E-state index in [1.807, 2.05) is 6.92 Å². The van der Waals surface area contributed by atoms with Crippen LogP contribution in [0.3, 0.4) is 0 Å². The highest BCUT2D eigenvalue weighted by atomic mass is 16.6. The van der Waals surface area contributed by atoms with Crippen molar-refractivity contribution in [2.24, 2.45) is 0 Å². The van der Waals surface area contributed by atoms with Gasteiger partial charge in [0, 0.05) is 13.2 Å². The second-order valence-corrected chi connectivity index (χ2v) is 3.29. The van der Waals surface area contributed by atoms with Crippen molar-refractivity contribution in [3.63, 3.8) is 0 Å². The molecule has 1 rings (SSSR count). The second kappa shape index (κ2) is 8.18. The zero-order chi connectivity index (χ0) is 10.9. The van der Waals surface area contributed by atoms with Crippen molar-refractivity contribution in [3.8, 4) is 0 Å². The summed E-state index contributed by atoms with van der Waals surface area (Å²) in [4.78, 5) is 0. The monoisotopic (exact) mass is 213 g/mol. The Balaban J connectivity index is 2.21. The molecule has 0 aliphatic carbocycles. The molecule has 0 amide bonds. The van der Waals surface area contributed by atoms with Gasteiger partial charge >= 0.3 is 14.0 Å². The molecule has 1 heterocycles. The van der Waals surface area contributed by atoms with Crippen LogP contribution in [0.4, 0.5) is 0 Å². The summed E-state index contributed by atoms with van der Waals surface area (Å²) in [6.45, 7) is 6.41. The first-order valence-corrected chi connectivity index (χ1v) is 5.54. The molecule has 0 atom stereocenters. The Kier molecular flexibility index (Phi) is 7.12. The van der Waals surface area contributed by atoms with Crippen LogP contribution in [0.25, 0.3) is 0 Å². The van der Waals surface area contributed by atoms with Crippen LogP contribution in [0.1, 0.15) is 20.3 Å². The molecule has 0 bridgehead atoms. The number of hydrogen-bond donors (Lipinski definition) is 1. The minimum absolute atomic E-state index is 0.223. The molecule has 1 fully saturated rings. The molecule has 0 saturated carbocycles. The van der Waals surface area contributed by atoms with Crippen LogP contribution in [0.5, 0.6) is 0 Å². The zero-order valence-electron chi connectivity index (χ0n) is 9.53. The van der Waals surface area contributed by atoms with Crippen LogP contribution in [0, 0.1) is 0 Å². The highest BCUT2D eigenvalue weighted by Gasteiger charge is 2.32. The van der Waals surface area contributed by atoms with Crippen molar-refractivity contribution in [2.75, 3.05) is 26.7 Å². The van der Waals surface area contributed by atoms with Gasteiger partial charge in [0.15, 0.2) is 0 Å². The van der Waals surface area contributed by atoms with Gasteiger partial charge in [0.2, 0.25) is 7.06 Å². The summed E-state index contributed by atoms with van der Waals surface area (Å²) >= 11 is 0. The minimum Gasteiger partial charge on any atom is -0.418 e. The van der Waals surface area contributed by atoms with E-state index in [1.54, 1.807) is 0 Å². The minimum atomic E-state index is -0.224. The molecular weight excluding hydrogens is 195 g/mol. The topological polar surface area (TPSA) is 49.0 Å². The molecule has 1 saturated heterocycles. The van der Waals surface area contributed by atoms with Gasteiger partial charge in [-0.05, 0) is 13.3 Å². The van der Waals surface area contributed by atoms with E-state index in [2.05, 4.69) is 12.2 Å². The Bertz CT molecular complexity index is 159. The van der Waals surface area contributed by atoms with Crippen LogP contribution in [-0.4, -0.2) is 47.8 Å². The summed E-state index contributed by atoms with van der Waals surface area (Å²) in [5.41, 5.74) is 0. The van der Waals surface area contributed by atoms with Gasteiger partial charge in [-0.2, -0.15) is 0 Å². The maximum atomic E-state index is 5.53. The molecule has 1 aliphatic rings. The molecule has 8 heteroatoms. The molecule has 0 aromatic carbocycles. The van der Waals surface area contributed by atoms with Crippen molar-refractivity contribution in [3.05, 3.63) is 0 Å². The largest absolute Gasteiger partial charge is 0.418 e. The first-order chi connectivity index (χ1) is 7.36. The maximum Gasteiger partial charge on any atom is 0.402 e. The van der Waals surface area contributed by atoms with Gasteiger partial charge in [-0.3, -0.25) is 5.32 Å². The van der Waals surface area contributed by atoms with Gasteiger partial charge in [0.1, 0.15) is 0 Å². The first-order valence-electron chi connectivity index (χ1n) is 5.54. The summed E-state index contributed by atoms with van der Waals surface area (Å²) in [5.74, 6) is 0. The van der Waals surface area contributed by atoms with Crippen LogP contribution < -0.4 is 5.32 Å². The third-order valence-corrected chi connectivity index (χ3v) is 1.99. The van der Waals surface area contributed by atoms with Gasteiger partial charge in [0.25, 0.3) is 0 Å². The zero-order valence-corrected chi connectivity index (χ0v) is 9.53. The van der Waals surface area contributed by atoms with E-state index in [1.165, 1.54) is 0 Å². The molecule has 0 unspecified atom stereocenters. The number of rotatable bonds is 7. The lowest BCUT2D eigenvalue weighted by Gasteiger charge is -2.22. The van der Waals surface area contributed by atoms with E-state index in [0.717, 1.165) is 6.42 Å². The highest BCUT2D eigenvalue weighted by Crippen LogP contribution is 1.97. The van der Waals surface area contributed by atoms with Crippen molar-refractivity contribution >= 4 is 21.1 Å². The smallest absolute Gasteiger partial charge is 0.402 e. The standard InChI is InChI=1S/C7H18B3NO4/c1-3-5-13-9(12-4-2)8-10-14-6-11-7-15-10/h8,11H,3-7H2,1-2H3. The fourth-order valence-electron chi connectivity index (χ4n) is 1.31. The number of nitrogens with one attached hydrogen (secondary N) is 1. The molecule has 1 aliphatic heterocycles. The van der Waals surface area contributed by atoms with E-state index in [-0.39, 0.29) is 14.0 Å². The molecule has 0 aromatic heterocycles. The van der Waals surface area contributed by atoms with Crippen LogP contribution in [-0.2, 0) is 18.6 Å². The Morgan fingerprint density at radius 2 is 2.07 bits per heavy atom. The SMILES string of the molecule is CCCOB(BB1OCNCO1)OCC. The van der Waals surface area contributed by atoms with Crippen molar-refractivity contribution in [1.82, 2.24) is 5.32 Å². The van der Waals surface area contributed by atoms with Crippen LogP contribution in [0.2, 0.25) is 0 Å². The fourth-order valence-corrected chi connectivity index (χ4v) is 1.31. The van der Waals surface area contributed by atoms with Crippen LogP contribution >= 0.6 is 0 Å². The summed E-state index contributed by atoms with van der Waals surface area (Å²) in [6.07, 6.45) is 0.984. The first kappa shape index (κ1) is 13.1. The van der Waals surface area contributed by atoms with E-state index in [9.17, 15) is 0 Å². The lowest BCUT2D eigenvalue weighted by molar-refractivity contribution is 0.117.